The summed E-state index contributed by atoms with van der Waals surface area (Å²) in [6.07, 6.45) is -2.32. The lowest BCUT2D eigenvalue weighted by molar-refractivity contribution is -0.139. The fourth-order valence-electron chi connectivity index (χ4n) is 3.56. The zero-order valence-corrected chi connectivity index (χ0v) is 18.9. The maximum atomic E-state index is 13.2. The van der Waals surface area contributed by atoms with Gasteiger partial charge >= 0.3 is 6.11 Å². The Kier molecular flexibility index (Phi) is 7.71. The van der Waals surface area contributed by atoms with Crippen molar-refractivity contribution in [3.63, 3.8) is 0 Å². The Morgan fingerprint density at radius 3 is 2.27 bits per heavy atom. The molecule has 0 atom stereocenters. The predicted molar refractivity (Wildman–Crippen MR) is 123 cm³/mol. The first-order valence-corrected chi connectivity index (χ1v) is 10.9. The topological polar surface area (TPSA) is 71.0 Å². The fourth-order valence-corrected chi connectivity index (χ4v) is 3.56. The first-order chi connectivity index (χ1) is 15.6. The molecule has 0 aromatic heterocycles. The van der Waals surface area contributed by atoms with Gasteiger partial charge in [-0.1, -0.05) is 18.7 Å². The molecule has 2 aromatic rings. The van der Waals surface area contributed by atoms with Crippen molar-refractivity contribution in [3.05, 3.63) is 66.7 Å². The number of carbonyl (C=O) groups excluding carboxylic acids is 1. The molecule has 1 heterocycles. The Balaban J connectivity index is 1.50. The third kappa shape index (κ3) is 7.00. The highest BCUT2D eigenvalue weighted by molar-refractivity contribution is 5.97. The zero-order chi connectivity index (χ0) is 24.1. The van der Waals surface area contributed by atoms with Gasteiger partial charge in [0, 0.05) is 31.4 Å². The largest absolute Gasteiger partial charge is 0.491 e. The molecule has 0 saturated carbocycles. The summed E-state index contributed by atoms with van der Waals surface area (Å²) in [5.74, 6) is 0.338. The van der Waals surface area contributed by atoms with Crippen molar-refractivity contribution in [2.75, 3.05) is 18.4 Å². The summed E-state index contributed by atoms with van der Waals surface area (Å²) in [7, 11) is 0. The number of piperidine rings is 1. The summed E-state index contributed by atoms with van der Waals surface area (Å²) in [4.78, 5) is 14.8. The summed E-state index contributed by atoms with van der Waals surface area (Å²) in [5.41, 5.74) is 0.0663. The van der Waals surface area contributed by atoms with E-state index in [0.29, 0.717) is 50.0 Å². The molecule has 2 aromatic carbocycles. The number of alkyl halides is 2. The SMILES string of the molecule is C=CC(F)(F)Oc1ccc(CN2CCC(O)(C(=O)Nc3ccc(OC(C)C)cc3)CC2)cc1. The van der Waals surface area contributed by atoms with Gasteiger partial charge in [0.1, 0.15) is 17.1 Å². The number of nitrogens with one attached hydrogen (secondary N) is 1. The van der Waals surface area contributed by atoms with Crippen LogP contribution in [0.1, 0.15) is 32.3 Å². The summed E-state index contributed by atoms with van der Waals surface area (Å²) >= 11 is 0. The summed E-state index contributed by atoms with van der Waals surface area (Å²) in [5, 5.41) is 13.6. The maximum absolute atomic E-state index is 13.2. The van der Waals surface area contributed by atoms with E-state index < -0.39 is 17.6 Å². The average Bonchev–Trinajstić information content (AvgIpc) is 2.77. The summed E-state index contributed by atoms with van der Waals surface area (Å²) < 4.78 is 36.6. The monoisotopic (exact) mass is 460 g/mol. The number of rotatable bonds is 9. The van der Waals surface area contributed by atoms with E-state index in [1.165, 1.54) is 12.1 Å². The average molecular weight is 461 g/mol. The maximum Gasteiger partial charge on any atom is 0.419 e. The number of hydrogen-bond acceptors (Lipinski definition) is 5. The molecular formula is C25H30F2N2O4. The number of carbonyl (C=O) groups is 1. The Labute approximate surface area is 192 Å². The van der Waals surface area contributed by atoms with E-state index in [2.05, 4.69) is 21.5 Å². The highest BCUT2D eigenvalue weighted by Gasteiger charge is 2.39. The molecule has 1 aliphatic rings. The van der Waals surface area contributed by atoms with E-state index >= 15 is 0 Å². The summed E-state index contributed by atoms with van der Waals surface area (Å²) in [6.45, 7) is 8.55. The van der Waals surface area contributed by atoms with Gasteiger partial charge in [-0.25, -0.2) is 0 Å². The van der Waals surface area contributed by atoms with Crippen LogP contribution in [0.5, 0.6) is 11.5 Å². The molecular weight excluding hydrogens is 430 g/mol. The van der Waals surface area contributed by atoms with Crippen molar-refractivity contribution in [2.24, 2.45) is 0 Å². The van der Waals surface area contributed by atoms with Gasteiger partial charge in [0.05, 0.1) is 6.10 Å². The molecule has 0 spiro atoms. The van der Waals surface area contributed by atoms with E-state index in [4.69, 9.17) is 4.74 Å². The van der Waals surface area contributed by atoms with Crippen molar-refractivity contribution in [1.82, 2.24) is 4.90 Å². The van der Waals surface area contributed by atoms with Gasteiger partial charge in [-0.15, -0.1) is 0 Å². The van der Waals surface area contributed by atoms with Crippen LogP contribution in [0.25, 0.3) is 0 Å². The van der Waals surface area contributed by atoms with Crippen LogP contribution in [0, 0.1) is 0 Å². The number of anilines is 1. The van der Waals surface area contributed by atoms with Gasteiger partial charge in [-0.3, -0.25) is 9.69 Å². The molecule has 178 valence electrons. The van der Waals surface area contributed by atoms with Crippen LogP contribution < -0.4 is 14.8 Å². The number of benzene rings is 2. The van der Waals surface area contributed by atoms with E-state index in [0.717, 1.165) is 5.56 Å². The van der Waals surface area contributed by atoms with Crippen LogP contribution in [0.15, 0.2) is 61.2 Å². The number of aliphatic hydroxyl groups is 1. The molecule has 0 unspecified atom stereocenters. The second-order valence-corrected chi connectivity index (χ2v) is 8.46. The normalized spacial score (nSPS) is 16.3. The van der Waals surface area contributed by atoms with Crippen molar-refractivity contribution in [2.45, 2.75) is 51.0 Å². The minimum atomic E-state index is -3.41. The van der Waals surface area contributed by atoms with E-state index in [1.54, 1.807) is 36.4 Å². The molecule has 3 rings (SSSR count). The number of ether oxygens (including phenoxy) is 2. The quantitative estimate of drug-likeness (QED) is 0.536. The van der Waals surface area contributed by atoms with Crippen molar-refractivity contribution in [1.29, 1.82) is 0 Å². The first kappa shape index (κ1) is 24.7. The molecule has 6 nitrogen and oxygen atoms in total. The number of likely N-dealkylation sites (tertiary alicyclic amines) is 1. The Morgan fingerprint density at radius 1 is 1.15 bits per heavy atom. The molecule has 1 fully saturated rings. The lowest BCUT2D eigenvalue weighted by Crippen LogP contribution is -2.51. The first-order valence-electron chi connectivity index (χ1n) is 10.9. The van der Waals surface area contributed by atoms with Gasteiger partial charge in [0.15, 0.2) is 0 Å². The zero-order valence-electron chi connectivity index (χ0n) is 18.9. The lowest BCUT2D eigenvalue weighted by atomic mass is 9.90. The van der Waals surface area contributed by atoms with Gasteiger partial charge in [0.25, 0.3) is 5.91 Å². The Bertz CT molecular complexity index is 938. The molecule has 0 bridgehead atoms. The third-order valence-electron chi connectivity index (χ3n) is 5.41. The number of nitrogens with zero attached hydrogens (tertiary/aromatic N) is 1. The van der Waals surface area contributed by atoms with Crippen LogP contribution in [-0.2, 0) is 11.3 Å². The molecule has 1 saturated heterocycles. The predicted octanol–water partition coefficient (Wildman–Crippen LogP) is 4.60. The smallest absolute Gasteiger partial charge is 0.419 e. The van der Waals surface area contributed by atoms with E-state index in [9.17, 15) is 18.7 Å². The Morgan fingerprint density at radius 2 is 1.73 bits per heavy atom. The highest BCUT2D eigenvalue weighted by atomic mass is 19.3. The third-order valence-corrected chi connectivity index (χ3v) is 5.41. The van der Waals surface area contributed by atoms with E-state index in [-0.39, 0.29) is 11.9 Å². The minimum absolute atomic E-state index is 0.0529. The molecule has 2 N–H and O–H groups in total. The van der Waals surface area contributed by atoms with Gasteiger partial charge in [-0.05, 0) is 68.7 Å². The van der Waals surface area contributed by atoms with Crippen LogP contribution in [0.4, 0.5) is 14.5 Å². The number of halogens is 2. The molecule has 0 radical (unpaired) electrons. The van der Waals surface area contributed by atoms with Crippen LogP contribution >= 0.6 is 0 Å². The fraction of sp³-hybridized carbons (Fsp3) is 0.400. The summed E-state index contributed by atoms with van der Waals surface area (Å²) in [6, 6.07) is 13.4. The van der Waals surface area contributed by atoms with Crippen LogP contribution in [-0.4, -0.2) is 46.8 Å². The van der Waals surface area contributed by atoms with Gasteiger partial charge in [0.2, 0.25) is 0 Å². The van der Waals surface area contributed by atoms with Gasteiger partial charge in [-0.2, -0.15) is 8.78 Å². The van der Waals surface area contributed by atoms with Crippen molar-refractivity contribution < 1.29 is 28.2 Å². The number of amides is 1. The molecule has 1 amide bonds. The minimum Gasteiger partial charge on any atom is -0.491 e. The second kappa shape index (κ2) is 10.3. The lowest BCUT2D eigenvalue weighted by Gasteiger charge is -2.37. The van der Waals surface area contributed by atoms with Crippen molar-refractivity contribution >= 4 is 11.6 Å². The molecule has 8 heteroatoms. The molecule has 33 heavy (non-hydrogen) atoms. The van der Waals surface area contributed by atoms with Crippen LogP contribution in [0.2, 0.25) is 0 Å². The molecule has 0 aliphatic carbocycles. The van der Waals surface area contributed by atoms with Crippen molar-refractivity contribution in [3.8, 4) is 11.5 Å². The highest BCUT2D eigenvalue weighted by Crippen LogP contribution is 2.27. The second-order valence-electron chi connectivity index (χ2n) is 8.46. The van der Waals surface area contributed by atoms with Gasteiger partial charge < -0.3 is 19.9 Å². The number of hydrogen-bond donors (Lipinski definition) is 2. The molecule has 1 aliphatic heterocycles. The van der Waals surface area contributed by atoms with E-state index in [1.807, 2.05) is 13.8 Å². The van der Waals surface area contributed by atoms with Crippen LogP contribution in [0.3, 0.4) is 0 Å². The Hall–Kier alpha value is -2.97. The standard InChI is InChI=1S/C25H30F2N2O4/c1-4-25(26,27)33-22-9-5-19(6-10-22)17-29-15-13-24(31,14-16-29)23(30)28-20-7-11-21(12-8-20)32-18(2)3/h4-12,18,31H,1,13-17H2,2-3H3,(H,28,30).